The number of ether oxygens (including phenoxy) is 3. The molecule has 8 nitrogen and oxygen atoms in total. The number of hydrogen-bond acceptors (Lipinski definition) is 6. The Bertz CT molecular complexity index is 475. The van der Waals surface area contributed by atoms with Gasteiger partial charge in [0.25, 0.3) is 5.69 Å². The quantitative estimate of drug-likeness (QED) is 0.414. The number of nitro groups is 1. The molecule has 0 unspecified atom stereocenters. The SMILES string of the molecule is COCCOCCOc1ccc([N+](=O)[O-])cc1C(=O)O. The second kappa shape index (κ2) is 8.08. The minimum absolute atomic E-state index is 0.0680. The second-order valence-electron chi connectivity index (χ2n) is 3.70. The van der Waals surface area contributed by atoms with E-state index in [-0.39, 0.29) is 30.2 Å². The van der Waals surface area contributed by atoms with Crippen LogP contribution in [0.5, 0.6) is 5.75 Å². The van der Waals surface area contributed by atoms with Crippen molar-refractivity contribution in [3.63, 3.8) is 0 Å². The number of carboxylic acids is 1. The molecule has 0 aliphatic carbocycles. The lowest BCUT2D eigenvalue weighted by atomic mass is 10.2. The average Bonchev–Trinajstić information content (AvgIpc) is 2.42. The molecular weight excluding hydrogens is 270 g/mol. The number of nitro benzene ring substituents is 1. The Morgan fingerprint density at radius 2 is 2.00 bits per heavy atom. The molecule has 110 valence electrons. The van der Waals surface area contributed by atoms with E-state index in [9.17, 15) is 14.9 Å². The smallest absolute Gasteiger partial charge is 0.339 e. The molecule has 0 saturated carbocycles. The lowest BCUT2D eigenvalue weighted by Gasteiger charge is -2.09. The molecule has 0 spiro atoms. The molecule has 0 bridgehead atoms. The molecule has 0 aromatic heterocycles. The lowest BCUT2D eigenvalue weighted by Crippen LogP contribution is -2.12. The molecule has 8 heteroatoms. The van der Waals surface area contributed by atoms with Gasteiger partial charge in [0.2, 0.25) is 0 Å². The standard InChI is InChI=1S/C12H15NO7/c1-18-4-5-19-6-7-20-11-3-2-9(13(16)17)8-10(11)12(14)15/h2-3,8H,4-7H2,1H3,(H,14,15). The van der Waals surface area contributed by atoms with Gasteiger partial charge in [0.15, 0.2) is 0 Å². The highest BCUT2D eigenvalue weighted by Crippen LogP contribution is 2.24. The molecule has 1 aromatic rings. The summed E-state index contributed by atoms with van der Waals surface area (Å²) >= 11 is 0. The Balaban J connectivity index is 2.60. The predicted octanol–water partition coefficient (Wildman–Crippen LogP) is 1.33. The Morgan fingerprint density at radius 1 is 1.30 bits per heavy atom. The number of nitrogens with zero attached hydrogens (tertiary/aromatic N) is 1. The van der Waals surface area contributed by atoms with E-state index >= 15 is 0 Å². The van der Waals surface area contributed by atoms with Crippen molar-refractivity contribution in [1.82, 2.24) is 0 Å². The monoisotopic (exact) mass is 285 g/mol. The molecular formula is C12H15NO7. The van der Waals surface area contributed by atoms with Crippen LogP contribution in [0, 0.1) is 10.1 Å². The van der Waals surface area contributed by atoms with E-state index in [1.165, 1.54) is 12.1 Å². The van der Waals surface area contributed by atoms with E-state index < -0.39 is 10.9 Å². The highest BCUT2D eigenvalue weighted by molar-refractivity contribution is 5.91. The number of hydrogen-bond donors (Lipinski definition) is 1. The van der Waals surface area contributed by atoms with Crippen LogP contribution in [0.3, 0.4) is 0 Å². The number of methoxy groups -OCH3 is 1. The third-order valence-corrected chi connectivity index (χ3v) is 2.32. The van der Waals surface area contributed by atoms with Crippen LogP contribution in [0.2, 0.25) is 0 Å². The Kier molecular flexibility index (Phi) is 6.41. The fourth-order valence-electron chi connectivity index (χ4n) is 1.38. The number of non-ortho nitro benzene ring substituents is 1. The number of carbonyl (C=O) groups is 1. The topological polar surface area (TPSA) is 108 Å². The summed E-state index contributed by atoms with van der Waals surface area (Å²) in [7, 11) is 1.55. The van der Waals surface area contributed by atoms with Gasteiger partial charge in [-0.25, -0.2) is 4.79 Å². The first kappa shape index (κ1) is 15.9. The van der Waals surface area contributed by atoms with Crippen LogP contribution in [0.25, 0.3) is 0 Å². The largest absolute Gasteiger partial charge is 0.490 e. The fourth-order valence-corrected chi connectivity index (χ4v) is 1.38. The maximum atomic E-state index is 11.0. The summed E-state index contributed by atoms with van der Waals surface area (Å²) < 4.78 is 15.2. The third-order valence-electron chi connectivity index (χ3n) is 2.32. The van der Waals surface area contributed by atoms with Gasteiger partial charge < -0.3 is 19.3 Å². The number of rotatable bonds is 9. The van der Waals surface area contributed by atoms with E-state index in [2.05, 4.69) is 0 Å². The van der Waals surface area contributed by atoms with E-state index in [0.29, 0.717) is 13.2 Å². The maximum absolute atomic E-state index is 11.0. The van der Waals surface area contributed by atoms with Gasteiger partial charge in [-0.3, -0.25) is 10.1 Å². The van der Waals surface area contributed by atoms with Crippen molar-refractivity contribution >= 4 is 11.7 Å². The summed E-state index contributed by atoms with van der Waals surface area (Å²) in [6.07, 6.45) is 0. The van der Waals surface area contributed by atoms with E-state index in [1.807, 2.05) is 0 Å². The van der Waals surface area contributed by atoms with Crippen molar-refractivity contribution in [1.29, 1.82) is 0 Å². The van der Waals surface area contributed by atoms with Crippen LogP contribution < -0.4 is 4.74 Å². The molecule has 0 fully saturated rings. The first-order chi connectivity index (χ1) is 9.56. The number of aromatic carboxylic acids is 1. The summed E-state index contributed by atoms with van der Waals surface area (Å²) in [6, 6.07) is 3.41. The summed E-state index contributed by atoms with van der Waals surface area (Å²) in [4.78, 5) is 20.9. The van der Waals surface area contributed by atoms with E-state index in [4.69, 9.17) is 19.3 Å². The van der Waals surface area contributed by atoms with Crippen molar-refractivity contribution in [3.05, 3.63) is 33.9 Å². The number of carboxylic acid groups (broad SMARTS) is 1. The first-order valence-corrected chi connectivity index (χ1v) is 5.77. The fraction of sp³-hybridized carbons (Fsp3) is 0.417. The van der Waals surface area contributed by atoms with Gasteiger partial charge in [0, 0.05) is 19.2 Å². The van der Waals surface area contributed by atoms with Crippen LogP contribution in [-0.2, 0) is 9.47 Å². The zero-order chi connectivity index (χ0) is 15.0. The molecule has 0 aliphatic heterocycles. The Labute approximate surface area is 115 Å². The molecule has 0 heterocycles. The third kappa shape index (κ3) is 4.82. The zero-order valence-corrected chi connectivity index (χ0v) is 10.9. The predicted molar refractivity (Wildman–Crippen MR) is 68.2 cm³/mol. The van der Waals surface area contributed by atoms with Crippen molar-refractivity contribution in [3.8, 4) is 5.75 Å². The van der Waals surface area contributed by atoms with Gasteiger partial charge in [-0.15, -0.1) is 0 Å². The van der Waals surface area contributed by atoms with Gasteiger partial charge in [-0.1, -0.05) is 0 Å². The second-order valence-corrected chi connectivity index (χ2v) is 3.70. The number of benzene rings is 1. The van der Waals surface area contributed by atoms with Gasteiger partial charge in [-0.05, 0) is 6.07 Å². The molecule has 1 aromatic carbocycles. The summed E-state index contributed by atoms with van der Waals surface area (Å²) in [5.74, 6) is -1.22. The molecule has 0 amide bonds. The van der Waals surface area contributed by atoms with E-state index in [0.717, 1.165) is 6.07 Å². The van der Waals surface area contributed by atoms with Gasteiger partial charge in [0.1, 0.15) is 17.9 Å². The van der Waals surface area contributed by atoms with Crippen LogP contribution >= 0.6 is 0 Å². The minimum atomic E-state index is -1.29. The molecule has 20 heavy (non-hydrogen) atoms. The van der Waals surface area contributed by atoms with Crippen molar-refractivity contribution in [2.75, 3.05) is 33.5 Å². The molecule has 0 radical (unpaired) electrons. The van der Waals surface area contributed by atoms with Crippen molar-refractivity contribution < 1.29 is 29.0 Å². The zero-order valence-electron chi connectivity index (χ0n) is 10.9. The normalized spacial score (nSPS) is 10.2. The highest BCUT2D eigenvalue weighted by atomic mass is 16.6. The minimum Gasteiger partial charge on any atom is -0.490 e. The van der Waals surface area contributed by atoms with Gasteiger partial charge in [0.05, 0.1) is 24.7 Å². The molecule has 0 atom stereocenters. The van der Waals surface area contributed by atoms with E-state index in [1.54, 1.807) is 7.11 Å². The lowest BCUT2D eigenvalue weighted by molar-refractivity contribution is -0.384. The summed E-state index contributed by atoms with van der Waals surface area (Å²) in [5, 5.41) is 19.6. The first-order valence-electron chi connectivity index (χ1n) is 5.77. The van der Waals surface area contributed by atoms with Crippen LogP contribution in [-0.4, -0.2) is 49.5 Å². The van der Waals surface area contributed by atoms with Crippen molar-refractivity contribution in [2.45, 2.75) is 0 Å². The molecule has 0 saturated heterocycles. The molecule has 0 aliphatic rings. The highest BCUT2D eigenvalue weighted by Gasteiger charge is 2.16. The summed E-state index contributed by atoms with van der Waals surface area (Å²) in [6.45, 7) is 1.27. The maximum Gasteiger partial charge on any atom is 0.339 e. The summed E-state index contributed by atoms with van der Waals surface area (Å²) in [5.41, 5.74) is -0.554. The van der Waals surface area contributed by atoms with Crippen LogP contribution in [0.4, 0.5) is 5.69 Å². The van der Waals surface area contributed by atoms with Crippen LogP contribution in [0.1, 0.15) is 10.4 Å². The van der Waals surface area contributed by atoms with Gasteiger partial charge >= 0.3 is 5.97 Å². The van der Waals surface area contributed by atoms with Crippen LogP contribution in [0.15, 0.2) is 18.2 Å². The Hall–Kier alpha value is -2.19. The van der Waals surface area contributed by atoms with Crippen molar-refractivity contribution in [2.24, 2.45) is 0 Å². The average molecular weight is 285 g/mol. The Morgan fingerprint density at radius 3 is 2.60 bits per heavy atom. The molecule has 1 rings (SSSR count). The van der Waals surface area contributed by atoms with Gasteiger partial charge in [-0.2, -0.15) is 0 Å². The molecule has 1 N–H and O–H groups in total.